The molecular weight excluding hydrogens is 286 g/mol. The molecule has 2 rings (SSSR count). The summed E-state index contributed by atoms with van der Waals surface area (Å²) in [6, 6.07) is 16.2. The Balaban J connectivity index is 2.22. The average Bonchev–Trinajstić information content (AvgIpc) is 2.53. The van der Waals surface area contributed by atoms with Crippen molar-refractivity contribution in [2.24, 2.45) is 0 Å². The molecular formula is C16H19NO3S. The Morgan fingerprint density at radius 3 is 2.19 bits per heavy atom. The molecule has 0 saturated carbocycles. The Morgan fingerprint density at radius 2 is 1.67 bits per heavy atom. The van der Waals surface area contributed by atoms with Gasteiger partial charge in [-0.3, -0.25) is 13.8 Å². The predicted octanol–water partition coefficient (Wildman–Crippen LogP) is 4.37. The fourth-order valence-corrected chi connectivity index (χ4v) is 3.06. The summed E-state index contributed by atoms with van der Waals surface area (Å²) in [5.41, 5.74) is 1.57. The van der Waals surface area contributed by atoms with Crippen LogP contribution in [0.3, 0.4) is 0 Å². The fraction of sp³-hybridized carbons (Fsp3) is 0.125. The number of methoxy groups -OCH3 is 1. The molecule has 112 valence electrons. The third-order valence-electron chi connectivity index (χ3n) is 3.01. The topological polar surface area (TPSA) is 61.7 Å². The van der Waals surface area contributed by atoms with Gasteiger partial charge in [0.15, 0.2) is 0 Å². The molecule has 21 heavy (non-hydrogen) atoms. The van der Waals surface area contributed by atoms with E-state index in [9.17, 15) is 9.11 Å². The van der Waals surface area contributed by atoms with E-state index in [0.29, 0.717) is 16.3 Å². The minimum absolute atomic E-state index is 0.415. The monoisotopic (exact) mass is 305 g/mol. The third kappa shape index (κ3) is 3.78. The van der Waals surface area contributed by atoms with E-state index >= 15 is 0 Å². The maximum Gasteiger partial charge on any atom is 0.118 e. The maximum atomic E-state index is 10.4. The van der Waals surface area contributed by atoms with Crippen LogP contribution in [0.25, 0.3) is 5.70 Å². The van der Waals surface area contributed by atoms with Crippen molar-refractivity contribution in [1.82, 2.24) is 4.72 Å². The predicted molar refractivity (Wildman–Crippen MR) is 87.3 cm³/mol. The molecule has 5 heteroatoms. The Morgan fingerprint density at radius 1 is 1.05 bits per heavy atom. The van der Waals surface area contributed by atoms with E-state index in [1.165, 1.54) is 0 Å². The van der Waals surface area contributed by atoms with Gasteiger partial charge in [-0.15, -0.1) is 0 Å². The first-order valence-electron chi connectivity index (χ1n) is 6.48. The second kappa shape index (κ2) is 6.67. The smallest absolute Gasteiger partial charge is 0.118 e. The number of nitrogens with one attached hydrogen (secondary N) is 1. The summed E-state index contributed by atoms with van der Waals surface area (Å²) in [6.45, 7) is 1.85. The molecule has 0 aliphatic heterocycles. The molecule has 0 saturated heterocycles. The van der Waals surface area contributed by atoms with E-state index < -0.39 is 10.8 Å². The first kappa shape index (κ1) is 15.4. The number of hydrogen-bond donors (Lipinski definition) is 3. The Kier molecular flexibility index (Phi) is 4.90. The molecule has 0 amide bonds. The van der Waals surface area contributed by atoms with Gasteiger partial charge in [0.1, 0.15) is 5.75 Å². The van der Waals surface area contributed by atoms with Crippen molar-refractivity contribution in [3.05, 3.63) is 66.2 Å². The Hall–Kier alpha value is -1.95. The molecule has 0 aliphatic carbocycles. The first-order chi connectivity index (χ1) is 10.1. The van der Waals surface area contributed by atoms with Gasteiger partial charge in [-0.2, -0.15) is 0 Å². The van der Waals surface area contributed by atoms with Crippen LogP contribution in [0, 0.1) is 0 Å². The minimum Gasteiger partial charge on any atom is -0.497 e. The highest BCUT2D eigenvalue weighted by Crippen LogP contribution is 2.46. The molecule has 0 bridgehead atoms. The van der Waals surface area contributed by atoms with E-state index in [4.69, 9.17) is 4.74 Å². The molecule has 2 aromatic rings. The second-order valence-electron chi connectivity index (χ2n) is 4.39. The lowest BCUT2D eigenvalue weighted by Crippen LogP contribution is -2.18. The summed E-state index contributed by atoms with van der Waals surface area (Å²) >= 11 is 0. The summed E-state index contributed by atoms with van der Waals surface area (Å²) in [6.07, 6.45) is 1.81. The number of allylic oxidation sites excluding steroid dienone is 1. The van der Waals surface area contributed by atoms with E-state index in [0.717, 1.165) is 5.56 Å². The zero-order valence-electron chi connectivity index (χ0n) is 12.0. The average molecular weight is 305 g/mol. The highest BCUT2D eigenvalue weighted by Gasteiger charge is 2.17. The fourth-order valence-electron chi connectivity index (χ4n) is 1.88. The van der Waals surface area contributed by atoms with Crippen LogP contribution in [0.15, 0.2) is 65.6 Å². The molecule has 0 aliphatic rings. The normalized spacial score (nSPS) is 12.9. The van der Waals surface area contributed by atoms with Gasteiger partial charge in [-0.1, -0.05) is 47.2 Å². The van der Waals surface area contributed by atoms with Gasteiger partial charge in [-0.25, -0.2) is 0 Å². The quantitative estimate of drug-likeness (QED) is 0.767. The van der Waals surface area contributed by atoms with Crippen LogP contribution < -0.4 is 9.46 Å². The van der Waals surface area contributed by atoms with Crippen LogP contribution in [0.4, 0.5) is 0 Å². The molecule has 0 aromatic heterocycles. The first-order valence-corrected chi connectivity index (χ1v) is 8.03. The molecule has 4 nitrogen and oxygen atoms in total. The zero-order chi connectivity index (χ0) is 15.3. The van der Waals surface area contributed by atoms with Crippen molar-refractivity contribution in [2.45, 2.75) is 11.8 Å². The second-order valence-corrected chi connectivity index (χ2v) is 6.17. The Labute approximate surface area is 126 Å². The molecule has 2 aromatic carbocycles. The van der Waals surface area contributed by atoms with Crippen LogP contribution in [-0.4, -0.2) is 16.2 Å². The largest absolute Gasteiger partial charge is 0.497 e. The van der Waals surface area contributed by atoms with Gasteiger partial charge in [0.05, 0.1) is 17.7 Å². The summed E-state index contributed by atoms with van der Waals surface area (Å²) in [7, 11) is -1.55. The van der Waals surface area contributed by atoms with Crippen molar-refractivity contribution in [3.63, 3.8) is 0 Å². The van der Waals surface area contributed by atoms with Crippen LogP contribution in [0.2, 0.25) is 0 Å². The SMILES string of the molecule is C/C=C(/NS(O)(O)c1ccc(OC)cc1)c1ccccc1. The van der Waals surface area contributed by atoms with Gasteiger partial charge in [0.25, 0.3) is 0 Å². The molecule has 0 unspecified atom stereocenters. The maximum absolute atomic E-state index is 10.4. The molecule has 0 heterocycles. The van der Waals surface area contributed by atoms with Crippen molar-refractivity contribution >= 4 is 16.5 Å². The molecule has 3 N–H and O–H groups in total. The molecule has 0 atom stereocenters. The van der Waals surface area contributed by atoms with Gasteiger partial charge >= 0.3 is 0 Å². The molecule has 0 spiro atoms. The summed E-state index contributed by atoms with van der Waals surface area (Å²) < 4.78 is 28.6. The number of benzene rings is 2. The highest BCUT2D eigenvalue weighted by atomic mass is 32.3. The van der Waals surface area contributed by atoms with Crippen LogP contribution in [-0.2, 0) is 0 Å². The van der Waals surface area contributed by atoms with Crippen molar-refractivity contribution in [1.29, 1.82) is 0 Å². The van der Waals surface area contributed by atoms with Gasteiger partial charge < -0.3 is 4.74 Å². The standard InChI is InChI=1S/C16H19NO3S/c1-3-16(13-7-5-4-6-8-13)17-21(18,19)15-11-9-14(20-2)10-12-15/h3-12,17-19H,1-2H3/b16-3+. The zero-order valence-corrected chi connectivity index (χ0v) is 12.8. The summed E-state index contributed by atoms with van der Waals surface area (Å²) in [5, 5.41) is 0. The summed E-state index contributed by atoms with van der Waals surface area (Å²) in [4.78, 5) is 0.415. The number of rotatable bonds is 5. The van der Waals surface area contributed by atoms with Crippen molar-refractivity contribution < 1.29 is 13.8 Å². The lowest BCUT2D eigenvalue weighted by atomic mass is 10.2. The molecule has 0 fully saturated rings. The third-order valence-corrected chi connectivity index (χ3v) is 4.45. The summed E-state index contributed by atoms with van der Waals surface area (Å²) in [5.74, 6) is 0.670. The highest BCUT2D eigenvalue weighted by molar-refractivity contribution is 8.22. The van der Waals surface area contributed by atoms with Crippen molar-refractivity contribution in [2.75, 3.05) is 7.11 Å². The van der Waals surface area contributed by atoms with Gasteiger partial charge in [-0.05, 0) is 36.8 Å². The van der Waals surface area contributed by atoms with E-state index in [1.54, 1.807) is 31.4 Å². The minimum atomic E-state index is -3.12. The Bertz CT molecular complexity index is 609. The number of ether oxygens (including phenoxy) is 1. The molecule has 0 radical (unpaired) electrons. The number of hydrogen-bond acceptors (Lipinski definition) is 4. The van der Waals surface area contributed by atoms with Crippen molar-refractivity contribution in [3.8, 4) is 5.75 Å². The van der Waals surface area contributed by atoms with Gasteiger partial charge in [0.2, 0.25) is 0 Å². The van der Waals surface area contributed by atoms with Crippen LogP contribution in [0.5, 0.6) is 5.75 Å². The van der Waals surface area contributed by atoms with Gasteiger partial charge in [0, 0.05) is 0 Å². The van der Waals surface area contributed by atoms with Crippen LogP contribution in [0.1, 0.15) is 12.5 Å². The van der Waals surface area contributed by atoms with E-state index in [2.05, 4.69) is 4.72 Å². The lowest BCUT2D eigenvalue weighted by molar-refractivity contribution is 0.414. The van der Waals surface area contributed by atoms with Crippen LogP contribution >= 0.6 is 10.8 Å². The lowest BCUT2D eigenvalue weighted by Gasteiger charge is -2.35. The van der Waals surface area contributed by atoms with E-state index in [1.807, 2.05) is 43.3 Å². The van der Waals surface area contributed by atoms with E-state index in [-0.39, 0.29) is 0 Å².